The van der Waals surface area contributed by atoms with Crippen LogP contribution in [-0.4, -0.2) is 19.1 Å². The molecular formula is C14H21NO2Si. The van der Waals surface area contributed by atoms with Crippen LogP contribution in [0, 0.1) is 0 Å². The molecule has 0 aliphatic rings. The average Bonchev–Trinajstić information content (AvgIpc) is 2.28. The van der Waals surface area contributed by atoms with E-state index in [1.165, 1.54) is 0 Å². The number of carbonyl (C=O) groups excluding carboxylic acids is 1. The molecule has 0 N–H and O–H groups in total. The number of nitrogens with zero attached hydrogens (tertiary/aromatic N) is 1. The van der Waals surface area contributed by atoms with Crippen LogP contribution in [0.3, 0.4) is 0 Å². The van der Waals surface area contributed by atoms with Crippen molar-refractivity contribution in [3.63, 3.8) is 0 Å². The first-order valence-corrected chi connectivity index (χ1v) is 9.67. The normalized spacial score (nSPS) is 12.3. The predicted molar refractivity (Wildman–Crippen MR) is 76.6 cm³/mol. The fourth-order valence-corrected chi connectivity index (χ4v) is 2.32. The van der Waals surface area contributed by atoms with Gasteiger partial charge in [0.1, 0.15) is 5.76 Å². The number of rotatable bonds is 6. The lowest BCUT2D eigenvalue weighted by atomic mass is 10.1. The molecule has 0 atom stereocenters. The molecule has 1 aromatic heterocycles. The third-order valence-electron chi connectivity index (χ3n) is 2.17. The highest BCUT2D eigenvalue weighted by atomic mass is 28.4. The molecule has 0 saturated carbocycles. The molecule has 4 heteroatoms. The molecule has 0 aromatic carbocycles. The molecule has 1 aromatic rings. The van der Waals surface area contributed by atoms with Crippen LogP contribution in [0.15, 0.2) is 30.6 Å². The molecule has 0 aliphatic carbocycles. The maximum absolute atomic E-state index is 11.8. The standard InChI is InChI=1S/C14H21NO2Si/c1-5-6-13(16)11-14(17-18(2,3)4)12-7-9-15-10-8-12/h7-11H,5-6H2,1-4H3/b14-11-. The van der Waals surface area contributed by atoms with E-state index in [1.807, 2.05) is 19.1 Å². The van der Waals surface area contributed by atoms with E-state index >= 15 is 0 Å². The molecule has 0 saturated heterocycles. The number of allylic oxidation sites excluding steroid dienone is 1. The summed E-state index contributed by atoms with van der Waals surface area (Å²) < 4.78 is 5.99. The van der Waals surface area contributed by atoms with E-state index in [2.05, 4.69) is 24.6 Å². The lowest BCUT2D eigenvalue weighted by Crippen LogP contribution is -2.24. The second-order valence-corrected chi connectivity index (χ2v) is 9.60. The Labute approximate surface area is 110 Å². The van der Waals surface area contributed by atoms with Crippen molar-refractivity contribution in [3.8, 4) is 0 Å². The Balaban J connectivity index is 2.99. The van der Waals surface area contributed by atoms with E-state index < -0.39 is 8.32 Å². The maximum Gasteiger partial charge on any atom is 0.242 e. The van der Waals surface area contributed by atoms with Crippen molar-refractivity contribution in [3.05, 3.63) is 36.2 Å². The van der Waals surface area contributed by atoms with E-state index in [1.54, 1.807) is 18.5 Å². The highest BCUT2D eigenvalue weighted by Crippen LogP contribution is 2.21. The SMILES string of the molecule is CCCC(=O)/C=C(\O[Si](C)(C)C)c1ccncc1. The van der Waals surface area contributed by atoms with Crippen molar-refractivity contribution in [2.45, 2.75) is 39.4 Å². The van der Waals surface area contributed by atoms with Crippen LogP contribution in [0.1, 0.15) is 25.3 Å². The van der Waals surface area contributed by atoms with Gasteiger partial charge in [-0.1, -0.05) is 6.92 Å². The average molecular weight is 263 g/mol. The summed E-state index contributed by atoms with van der Waals surface area (Å²) in [6.45, 7) is 8.31. The van der Waals surface area contributed by atoms with Gasteiger partial charge in [-0.05, 0) is 38.2 Å². The van der Waals surface area contributed by atoms with Crippen LogP contribution < -0.4 is 0 Å². The Kier molecular flexibility index (Phi) is 5.28. The number of ketones is 1. The molecule has 98 valence electrons. The molecule has 0 bridgehead atoms. The first kappa shape index (κ1) is 14.6. The summed E-state index contributed by atoms with van der Waals surface area (Å²) in [6.07, 6.45) is 6.45. The van der Waals surface area contributed by atoms with Crippen molar-refractivity contribution < 1.29 is 9.22 Å². The van der Waals surface area contributed by atoms with Crippen molar-refractivity contribution >= 4 is 19.9 Å². The predicted octanol–water partition coefficient (Wildman–Crippen LogP) is 3.64. The van der Waals surface area contributed by atoms with Crippen LogP contribution in [0.25, 0.3) is 5.76 Å². The molecular weight excluding hydrogens is 242 g/mol. The molecule has 0 fully saturated rings. The Hall–Kier alpha value is -1.42. The Morgan fingerprint density at radius 3 is 2.44 bits per heavy atom. The van der Waals surface area contributed by atoms with Crippen LogP contribution in [-0.2, 0) is 9.22 Å². The summed E-state index contributed by atoms with van der Waals surface area (Å²) >= 11 is 0. The van der Waals surface area contributed by atoms with Gasteiger partial charge in [-0.2, -0.15) is 0 Å². The zero-order valence-electron chi connectivity index (χ0n) is 11.6. The number of carbonyl (C=O) groups is 1. The number of hydrogen-bond donors (Lipinski definition) is 0. The fourth-order valence-electron chi connectivity index (χ4n) is 1.48. The minimum atomic E-state index is -1.73. The van der Waals surface area contributed by atoms with Gasteiger partial charge in [-0.3, -0.25) is 9.78 Å². The topological polar surface area (TPSA) is 39.2 Å². The van der Waals surface area contributed by atoms with Crippen LogP contribution >= 0.6 is 0 Å². The summed E-state index contributed by atoms with van der Waals surface area (Å²) in [7, 11) is -1.73. The third kappa shape index (κ3) is 5.27. The van der Waals surface area contributed by atoms with Crippen LogP contribution in [0.5, 0.6) is 0 Å². The maximum atomic E-state index is 11.8. The van der Waals surface area contributed by atoms with E-state index in [4.69, 9.17) is 4.43 Å². The second-order valence-electron chi connectivity index (χ2n) is 5.18. The second kappa shape index (κ2) is 6.49. The zero-order valence-corrected chi connectivity index (χ0v) is 12.6. The van der Waals surface area contributed by atoms with E-state index in [0.29, 0.717) is 12.2 Å². The largest absolute Gasteiger partial charge is 0.544 e. The molecule has 0 unspecified atom stereocenters. The number of aromatic nitrogens is 1. The molecule has 0 aliphatic heterocycles. The van der Waals surface area contributed by atoms with Gasteiger partial charge in [0.05, 0.1) is 0 Å². The molecule has 3 nitrogen and oxygen atoms in total. The highest BCUT2D eigenvalue weighted by molar-refractivity contribution is 6.70. The molecule has 1 rings (SSSR count). The Morgan fingerprint density at radius 2 is 1.94 bits per heavy atom. The summed E-state index contributed by atoms with van der Waals surface area (Å²) in [6, 6.07) is 3.73. The van der Waals surface area contributed by atoms with Crippen molar-refractivity contribution in [1.82, 2.24) is 4.98 Å². The summed E-state index contributed by atoms with van der Waals surface area (Å²) in [4.78, 5) is 15.7. The summed E-state index contributed by atoms with van der Waals surface area (Å²) in [5.74, 6) is 0.789. The minimum Gasteiger partial charge on any atom is -0.544 e. The van der Waals surface area contributed by atoms with Crippen molar-refractivity contribution in [2.75, 3.05) is 0 Å². The fraction of sp³-hybridized carbons (Fsp3) is 0.429. The van der Waals surface area contributed by atoms with E-state index in [9.17, 15) is 4.79 Å². The summed E-state index contributed by atoms with van der Waals surface area (Å²) in [5, 5.41) is 0. The smallest absolute Gasteiger partial charge is 0.242 e. The molecule has 18 heavy (non-hydrogen) atoms. The highest BCUT2D eigenvalue weighted by Gasteiger charge is 2.19. The van der Waals surface area contributed by atoms with Crippen molar-refractivity contribution in [2.24, 2.45) is 0 Å². The van der Waals surface area contributed by atoms with Gasteiger partial charge in [0.2, 0.25) is 8.32 Å². The Bertz CT molecular complexity index is 421. The van der Waals surface area contributed by atoms with Gasteiger partial charge in [0.15, 0.2) is 5.78 Å². The molecule has 0 radical (unpaired) electrons. The van der Waals surface area contributed by atoms with Gasteiger partial charge >= 0.3 is 0 Å². The summed E-state index contributed by atoms with van der Waals surface area (Å²) in [5.41, 5.74) is 0.914. The van der Waals surface area contributed by atoms with Crippen LogP contribution in [0.2, 0.25) is 19.6 Å². The molecule has 0 amide bonds. The van der Waals surface area contributed by atoms with E-state index in [0.717, 1.165) is 12.0 Å². The van der Waals surface area contributed by atoms with Crippen molar-refractivity contribution in [1.29, 1.82) is 0 Å². The first-order chi connectivity index (χ1) is 8.42. The van der Waals surface area contributed by atoms with Gasteiger partial charge in [0.25, 0.3) is 0 Å². The monoisotopic (exact) mass is 263 g/mol. The van der Waals surface area contributed by atoms with Gasteiger partial charge in [-0.25, -0.2) is 0 Å². The lowest BCUT2D eigenvalue weighted by Gasteiger charge is -2.21. The number of hydrogen-bond acceptors (Lipinski definition) is 3. The quantitative estimate of drug-likeness (QED) is 0.447. The lowest BCUT2D eigenvalue weighted by molar-refractivity contribution is -0.114. The van der Waals surface area contributed by atoms with Gasteiger partial charge in [-0.15, -0.1) is 0 Å². The molecule has 1 heterocycles. The number of pyridine rings is 1. The Morgan fingerprint density at radius 1 is 1.33 bits per heavy atom. The zero-order chi connectivity index (χ0) is 13.6. The van der Waals surface area contributed by atoms with Crippen LogP contribution in [0.4, 0.5) is 0 Å². The minimum absolute atomic E-state index is 0.113. The first-order valence-electron chi connectivity index (χ1n) is 6.26. The third-order valence-corrected chi connectivity index (χ3v) is 3.00. The van der Waals surface area contributed by atoms with Gasteiger partial charge in [0, 0.05) is 30.5 Å². The van der Waals surface area contributed by atoms with E-state index in [-0.39, 0.29) is 5.78 Å². The van der Waals surface area contributed by atoms with Gasteiger partial charge < -0.3 is 4.43 Å². The molecule has 0 spiro atoms.